The van der Waals surface area contributed by atoms with Gasteiger partial charge in [-0.15, -0.1) is 0 Å². The van der Waals surface area contributed by atoms with Gasteiger partial charge < -0.3 is 10.4 Å². The quantitative estimate of drug-likeness (QED) is 0.730. The summed E-state index contributed by atoms with van der Waals surface area (Å²) in [5.74, 6) is -0.0584. The van der Waals surface area contributed by atoms with Gasteiger partial charge in [0.1, 0.15) is 5.75 Å². The number of amides is 1. The normalized spacial score (nSPS) is 9.33. The van der Waals surface area contributed by atoms with Crippen LogP contribution in [0, 0.1) is 18.3 Å². The lowest BCUT2D eigenvalue weighted by Gasteiger charge is -2.04. The Bertz CT molecular complexity index is 408. The summed E-state index contributed by atoms with van der Waals surface area (Å²) in [6.07, 6.45) is 0.294. The lowest BCUT2D eigenvalue weighted by molar-refractivity contribution is 0.0954. The predicted molar refractivity (Wildman–Crippen MR) is 55.4 cm³/mol. The van der Waals surface area contributed by atoms with Crippen molar-refractivity contribution in [2.24, 2.45) is 0 Å². The number of carbonyl (C=O) groups excluding carboxylic acids is 1. The number of nitrogens with one attached hydrogen (secondary N) is 1. The fourth-order valence-corrected chi connectivity index (χ4v) is 1.13. The molecule has 0 bridgehead atoms. The second kappa shape index (κ2) is 5.01. The fraction of sp³-hybridized carbons (Fsp3) is 0.273. The van der Waals surface area contributed by atoms with E-state index < -0.39 is 0 Å². The Morgan fingerprint density at radius 2 is 2.33 bits per heavy atom. The highest BCUT2D eigenvalue weighted by molar-refractivity contribution is 5.94. The van der Waals surface area contributed by atoms with Crippen molar-refractivity contribution in [1.82, 2.24) is 5.32 Å². The Balaban J connectivity index is 2.67. The van der Waals surface area contributed by atoms with Crippen LogP contribution in [0.4, 0.5) is 0 Å². The molecule has 0 atom stereocenters. The molecule has 15 heavy (non-hydrogen) atoms. The molecule has 1 rings (SSSR count). The van der Waals surface area contributed by atoms with Gasteiger partial charge in [0.15, 0.2) is 0 Å². The van der Waals surface area contributed by atoms with Crippen molar-refractivity contribution < 1.29 is 9.90 Å². The van der Waals surface area contributed by atoms with E-state index >= 15 is 0 Å². The van der Waals surface area contributed by atoms with Crippen LogP contribution < -0.4 is 5.32 Å². The van der Waals surface area contributed by atoms with E-state index in [9.17, 15) is 9.90 Å². The molecule has 0 saturated heterocycles. The number of rotatable bonds is 3. The number of aromatic hydroxyl groups is 1. The van der Waals surface area contributed by atoms with Gasteiger partial charge in [-0.2, -0.15) is 5.26 Å². The molecule has 0 aliphatic rings. The monoisotopic (exact) mass is 204 g/mol. The number of nitriles is 1. The standard InChI is InChI=1S/C11H12N2O2/c1-8-7-9(3-4-10(8)14)11(15)13-6-2-5-12/h3-4,7,14H,2,6H2,1H3,(H,13,15). The maximum atomic E-state index is 11.5. The largest absolute Gasteiger partial charge is 0.508 e. The van der Waals surface area contributed by atoms with E-state index in [0.717, 1.165) is 0 Å². The SMILES string of the molecule is Cc1cc(C(=O)NCCC#N)ccc1O. The average molecular weight is 204 g/mol. The number of benzene rings is 1. The molecule has 0 unspecified atom stereocenters. The van der Waals surface area contributed by atoms with Crippen LogP contribution in [-0.4, -0.2) is 17.6 Å². The Morgan fingerprint density at radius 3 is 2.93 bits per heavy atom. The van der Waals surface area contributed by atoms with E-state index in [4.69, 9.17) is 5.26 Å². The second-order valence-corrected chi connectivity index (χ2v) is 3.17. The van der Waals surface area contributed by atoms with Gasteiger partial charge in [0, 0.05) is 12.1 Å². The minimum absolute atomic E-state index is 0.170. The Kier molecular flexibility index (Phi) is 3.69. The lowest BCUT2D eigenvalue weighted by Crippen LogP contribution is -2.24. The molecule has 0 aromatic heterocycles. The van der Waals surface area contributed by atoms with E-state index in [1.807, 2.05) is 6.07 Å². The van der Waals surface area contributed by atoms with Crippen molar-refractivity contribution >= 4 is 5.91 Å². The fourth-order valence-electron chi connectivity index (χ4n) is 1.13. The van der Waals surface area contributed by atoms with E-state index in [1.165, 1.54) is 6.07 Å². The Hall–Kier alpha value is -2.02. The smallest absolute Gasteiger partial charge is 0.251 e. The number of carbonyl (C=O) groups is 1. The minimum Gasteiger partial charge on any atom is -0.508 e. The van der Waals surface area contributed by atoms with Gasteiger partial charge in [0.05, 0.1) is 12.5 Å². The first-order chi connectivity index (χ1) is 7.15. The van der Waals surface area contributed by atoms with Crippen LogP contribution in [0.1, 0.15) is 22.3 Å². The van der Waals surface area contributed by atoms with Crippen LogP contribution in [0.2, 0.25) is 0 Å². The van der Waals surface area contributed by atoms with Crippen molar-refractivity contribution in [3.05, 3.63) is 29.3 Å². The average Bonchev–Trinajstić information content (AvgIpc) is 2.22. The summed E-state index contributed by atoms with van der Waals surface area (Å²) in [5, 5.41) is 20.2. The number of hydrogen-bond acceptors (Lipinski definition) is 3. The molecular weight excluding hydrogens is 192 g/mol. The molecule has 0 aliphatic carbocycles. The zero-order valence-electron chi connectivity index (χ0n) is 8.45. The maximum Gasteiger partial charge on any atom is 0.251 e. The molecule has 1 aromatic carbocycles. The highest BCUT2D eigenvalue weighted by Crippen LogP contribution is 2.16. The molecule has 4 heteroatoms. The number of nitrogens with zero attached hydrogens (tertiary/aromatic N) is 1. The molecule has 2 N–H and O–H groups in total. The van der Waals surface area contributed by atoms with E-state index in [0.29, 0.717) is 24.1 Å². The van der Waals surface area contributed by atoms with Crippen molar-refractivity contribution in [3.63, 3.8) is 0 Å². The van der Waals surface area contributed by atoms with Crippen LogP contribution in [0.5, 0.6) is 5.75 Å². The Morgan fingerprint density at radius 1 is 1.60 bits per heavy atom. The third kappa shape index (κ3) is 2.99. The molecule has 0 saturated carbocycles. The van der Waals surface area contributed by atoms with Crippen molar-refractivity contribution in [2.45, 2.75) is 13.3 Å². The van der Waals surface area contributed by atoms with Gasteiger partial charge in [0.2, 0.25) is 0 Å². The number of aryl methyl sites for hydroxylation is 1. The third-order valence-electron chi connectivity index (χ3n) is 1.98. The summed E-state index contributed by atoms with van der Waals surface area (Å²) in [6, 6.07) is 6.57. The summed E-state index contributed by atoms with van der Waals surface area (Å²) in [4.78, 5) is 11.5. The number of phenols is 1. The molecule has 0 spiro atoms. The summed E-state index contributed by atoms with van der Waals surface area (Å²) in [7, 11) is 0. The Labute approximate surface area is 88.2 Å². The summed E-state index contributed by atoms with van der Waals surface area (Å²) < 4.78 is 0. The van der Waals surface area contributed by atoms with E-state index in [2.05, 4.69) is 5.32 Å². The molecule has 0 aliphatic heterocycles. The van der Waals surface area contributed by atoms with Crippen LogP contribution in [0.3, 0.4) is 0 Å². The van der Waals surface area contributed by atoms with Gasteiger partial charge in [-0.05, 0) is 30.7 Å². The van der Waals surface area contributed by atoms with Crippen LogP contribution in [0.15, 0.2) is 18.2 Å². The van der Waals surface area contributed by atoms with Crippen molar-refractivity contribution in [2.75, 3.05) is 6.54 Å². The summed E-state index contributed by atoms with van der Waals surface area (Å²) >= 11 is 0. The van der Waals surface area contributed by atoms with Crippen LogP contribution >= 0.6 is 0 Å². The predicted octanol–water partition coefficient (Wildman–Crippen LogP) is 1.34. The summed E-state index contributed by atoms with van der Waals surface area (Å²) in [5.41, 5.74) is 1.14. The highest BCUT2D eigenvalue weighted by Gasteiger charge is 2.06. The molecule has 0 heterocycles. The van der Waals surface area contributed by atoms with Crippen molar-refractivity contribution in [3.8, 4) is 11.8 Å². The van der Waals surface area contributed by atoms with Gasteiger partial charge in [-0.1, -0.05) is 0 Å². The maximum absolute atomic E-state index is 11.5. The first-order valence-electron chi connectivity index (χ1n) is 4.60. The lowest BCUT2D eigenvalue weighted by atomic mass is 10.1. The highest BCUT2D eigenvalue weighted by atomic mass is 16.3. The van der Waals surface area contributed by atoms with Gasteiger partial charge in [-0.3, -0.25) is 4.79 Å². The van der Waals surface area contributed by atoms with Gasteiger partial charge in [-0.25, -0.2) is 0 Å². The zero-order valence-corrected chi connectivity index (χ0v) is 8.45. The molecular formula is C11H12N2O2. The van der Waals surface area contributed by atoms with Crippen LogP contribution in [-0.2, 0) is 0 Å². The zero-order chi connectivity index (χ0) is 11.3. The second-order valence-electron chi connectivity index (χ2n) is 3.17. The number of hydrogen-bond donors (Lipinski definition) is 2. The van der Waals surface area contributed by atoms with Crippen LogP contribution in [0.25, 0.3) is 0 Å². The van der Waals surface area contributed by atoms with Gasteiger partial charge >= 0.3 is 0 Å². The molecule has 0 fully saturated rings. The number of phenolic OH excluding ortho intramolecular Hbond substituents is 1. The first kappa shape index (κ1) is 11.1. The van der Waals surface area contributed by atoms with E-state index in [-0.39, 0.29) is 11.7 Å². The first-order valence-corrected chi connectivity index (χ1v) is 4.60. The molecule has 0 radical (unpaired) electrons. The van der Waals surface area contributed by atoms with Crippen molar-refractivity contribution in [1.29, 1.82) is 5.26 Å². The van der Waals surface area contributed by atoms with Gasteiger partial charge in [0.25, 0.3) is 5.91 Å². The third-order valence-corrected chi connectivity index (χ3v) is 1.98. The molecule has 1 aromatic rings. The van der Waals surface area contributed by atoms with E-state index in [1.54, 1.807) is 19.1 Å². The minimum atomic E-state index is -0.228. The topological polar surface area (TPSA) is 73.1 Å². The molecule has 4 nitrogen and oxygen atoms in total. The molecule has 1 amide bonds. The molecule has 78 valence electrons. The summed E-state index contributed by atoms with van der Waals surface area (Å²) in [6.45, 7) is 2.07.